The molecule has 1 saturated carbocycles. The van der Waals surface area contributed by atoms with E-state index < -0.39 is 6.17 Å². The van der Waals surface area contributed by atoms with Crippen molar-refractivity contribution in [3.05, 3.63) is 42.4 Å². The number of aromatic amines is 1. The highest BCUT2D eigenvalue weighted by Crippen LogP contribution is 2.29. The lowest BCUT2D eigenvalue weighted by Gasteiger charge is -2.15. The van der Waals surface area contributed by atoms with Crippen LogP contribution in [0.2, 0.25) is 0 Å². The van der Waals surface area contributed by atoms with Gasteiger partial charge in [-0.2, -0.15) is 9.61 Å². The van der Waals surface area contributed by atoms with E-state index in [1.807, 2.05) is 24.4 Å². The molecular weight excluding hydrogens is 465 g/mol. The second-order valence-corrected chi connectivity index (χ2v) is 8.65. The zero-order chi connectivity index (χ0) is 25.5. The van der Waals surface area contributed by atoms with E-state index in [1.165, 1.54) is 6.20 Å². The lowest BCUT2D eigenvalue weighted by Crippen LogP contribution is -2.21. The predicted octanol–water partition coefficient (Wildman–Crippen LogP) is 3.34. The molecule has 0 bridgehead atoms. The molecule has 1 aliphatic heterocycles. The van der Waals surface area contributed by atoms with Crippen LogP contribution in [0.15, 0.2) is 36.8 Å². The summed E-state index contributed by atoms with van der Waals surface area (Å²) < 4.78 is 18.1. The Morgan fingerprint density at radius 2 is 2.08 bits per heavy atom. The van der Waals surface area contributed by atoms with Crippen molar-refractivity contribution in [1.29, 1.82) is 0 Å². The van der Waals surface area contributed by atoms with E-state index in [4.69, 9.17) is 9.84 Å². The van der Waals surface area contributed by atoms with Crippen LogP contribution in [0, 0.1) is 0 Å². The number of amides is 1. The molecule has 192 valence electrons. The number of rotatable bonds is 3. The lowest BCUT2D eigenvalue weighted by atomic mass is 9.98. The second-order valence-electron chi connectivity index (χ2n) is 8.65. The van der Waals surface area contributed by atoms with Crippen LogP contribution in [0.1, 0.15) is 42.5 Å². The van der Waals surface area contributed by atoms with Crippen LogP contribution in [0.5, 0.6) is 0 Å². The molecule has 0 spiro atoms. The third-order valence-corrected chi connectivity index (χ3v) is 6.10. The number of H-pyrrole nitrogens is 1. The molecule has 4 aromatic heterocycles. The van der Waals surface area contributed by atoms with Crippen molar-refractivity contribution in [2.24, 2.45) is 0 Å². The number of ether oxygens (including phenoxy) is 1. The van der Waals surface area contributed by atoms with Gasteiger partial charge in [-0.15, -0.1) is 0 Å². The largest absolute Gasteiger partial charge is 0.391 e. The molecule has 0 aromatic carbocycles. The first-order valence-corrected chi connectivity index (χ1v) is 12.1. The molecular formula is C25H32FN7O3. The predicted molar refractivity (Wildman–Crippen MR) is 136 cm³/mol. The van der Waals surface area contributed by atoms with Gasteiger partial charge in [-0.1, -0.05) is 0 Å². The van der Waals surface area contributed by atoms with Gasteiger partial charge in [0.15, 0.2) is 5.65 Å². The van der Waals surface area contributed by atoms with Gasteiger partial charge >= 0.3 is 0 Å². The van der Waals surface area contributed by atoms with Crippen LogP contribution in [-0.2, 0) is 4.74 Å². The summed E-state index contributed by atoms with van der Waals surface area (Å²) in [6, 6.07) is 5.75. The molecule has 1 atom stereocenters. The molecule has 1 unspecified atom stereocenters. The molecule has 4 N–H and O–H groups in total. The van der Waals surface area contributed by atoms with Gasteiger partial charge in [0.25, 0.3) is 5.91 Å². The van der Waals surface area contributed by atoms with E-state index in [9.17, 15) is 9.18 Å². The SMILES string of the molecule is CNC(=O)c1cnn2c(NC)cc(-c3c[nH]c4ncccc34)nc12.FC1CCC1.OC1CCCOC1. The van der Waals surface area contributed by atoms with Crippen molar-refractivity contribution in [2.45, 2.75) is 44.4 Å². The number of fused-ring (bicyclic) bond motifs is 2. The number of aliphatic hydroxyl groups is 1. The average Bonchev–Trinajstić information content (AvgIpc) is 3.52. The molecule has 4 aromatic rings. The van der Waals surface area contributed by atoms with Gasteiger partial charge in [0.1, 0.15) is 23.2 Å². The lowest BCUT2D eigenvalue weighted by molar-refractivity contribution is -0.00535. The number of nitrogens with zero attached hydrogens (tertiary/aromatic N) is 4. The summed E-state index contributed by atoms with van der Waals surface area (Å²) in [7, 11) is 3.39. The fraction of sp³-hybridized carbons (Fsp3) is 0.440. The summed E-state index contributed by atoms with van der Waals surface area (Å²) in [4.78, 5) is 24.2. The van der Waals surface area contributed by atoms with Gasteiger partial charge in [0.2, 0.25) is 0 Å². The Hall–Kier alpha value is -3.57. The molecule has 1 saturated heterocycles. The number of anilines is 1. The normalized spacial score (nSPS) is 17.4. The Bertz CT molecular complexity index is 1300. The van der Waals surface area contributed by atoms with Crippen LogP contribution in [0.4, 0.5) is 10.2 Å². The highest BCUT2D eigenvalue weighted by atomic mass is 19.1. The van der Waals surface area contributed by atoms with Gasteiger partial charge in [0.05, 0.1) is 24.6 Å². The summed E-state index contributed by atoms with van der Waals surface area (Å²) in [6.07, 6.45) is 9.18. The number of pyridine rings is 1. The number of aliphatic hydroxyl groups excluding tert-OH is 1. The third-order valence-electron chi connectivity index (χ3n) is 6.10. The zero-order valence-electron chi connectivity index (χ0n) is 20.5. The summed E-state index contributed by atoms with van der Waals surface area (Å²) in [5, 5.41) is 19.7. The topological polar surface area (TPSA) is 129 Å². The molecule has 1 amide bonds. The summed E-state index contributed by atoms with van der Waals surface area (Å²) >= 11 is 0. The van der Waals surface area contributed by atoms with Crippen LogP contribution in [0.3, 0.4) is 0 Å². The smallest absolute Gasteiger partial charge is 0.256 e. The number of nitrogens with one attached hydrogen (secondary N) is 3. The molecule has 2 fully saturated rings. The molecule has 10 nitrogen and oxygen atoms in total. The average molecular weight is 498 g/mol. The summed E-state index contributed by atoms with van der Waals surface area (Å²) in [6.45, 7) is 1.37. The Morgan fingerprint density at radius 1 is 1.28 bits per heavy atom. The Morgan fingerprint density at radius 3 is 2.67 bits per heavy atom. The minimum Gasteiger partial charge on any atom is -0.391 e. The minimum atomic E-state index is -0.435. The number of carbonyl (C=O) groups excluding carboxylic acids is 1. The first-order chi connectivity index (χ1) is 17.5. The Labute approximate surface area is 208 Å². The summed E-state index contributed by atoms with van der Waals surface area (Å²) in [5.74, 6) is 0.515. The van der Waals surface area contributed by atoms with Gasteiger partial charge in [-0.25, -0.2) is 14.4 Å². The molecule has 6 rings (SSSR count). The van der Waals surface area contributed by atoms with E-state index in [0.29, 0.717) is 17.8 Å². The second kappa shape index (κ2) is 11.9. The van der Waals surface area contributed by atoms with Crippen molar-refractivity contribution in [3.63, 3.8) is 0 Å². The van der Waals surface area contributed by atoms with Crippen molar-refractivity contribution < 1.29 is 19.0 Å². The molecule has 1 aliphatic carbocycles. The molecule has 11 heteroatoms. The van der Waals surface area contributed by atoms with Crippen molar-refractivity contribution in [3.8, 4) is 11.3 Å². The van der Waals surface area contributed by atoms with Gasteiger partial charge in [0, 0.05) is 50.1 Å². The Kier molecular flexibility index (Phi) is 8.44. The van der Waals surface area contributed by atoms with Crippen LogP contribution in [0.25, 0.3) is 27.9 Å². The fourth-order valence-electron chi connectivity index (χ4n) is 3.82. The van der Waals surface area contributed by atoms with E-state index in [1.54, 1.807) is 24.8 Å². The number of hydrogen-bond donors (Lipinski definition) is 4. The van der Waals surface area contributed by atoms with E-state index in [0.717, 1.165) is 66.8 Å². The monoisotopic (exact) mass is 497 g/mol. The highest BCUT2D eigenvalue weighted by molar-refractivity contribution is 6.00. The van der Waals surface area contributed by atoms with Gasteiger partial charge < -0.3 is 25.5 Å². The highest BCUT2D eigenvalue weighted by Gasteiger charge is 2.18. The maximum Gasteiger partial charge on any atom is 0.256 e. The maximum absolute atomic E-state index is 12.1. The number of halogens is 1. The van der Waals surface area contributed by atoms with Gasteiger partial charge in [-0.3, -0.25) is 4.79 Å². The number of aromatic nitrogens is 5. The van der Waals surface area contributed by atoms with Crippen LogP contribution < -0.4 is 10.6 Å². The van der Waals surface area contributed by atoms with Crippen molar-refractivity contribution in [2.75, 3.05) is 32.6 Å². The molecule has 36 heavy (non-hydrogen) atoms. The molecule has 2 aliphatic rings. The third kappa shape index (κ3) is 5.80. The standard InChI is InChI=1S/C16H15N7O.C5H10O2.C4H7F/c1-17-13-6-12(10-7-20-14-9(10)4-3-5-19-14)22-15-11(16(24)18-2)8-21-23(13)15;6-5-2-1-3-7-4-5;5-4-2-1-3-4/h3-8,17H,1-2H3,(H,18,24)(H,19,20);5-6H,1-4H2;4H,1-3H2. The van der Waals surface area contributed by atoms with E-state index in [-0.39, 0.29) is 12.0 Å². The number of hydrogen-bond acceptors (Lipinski definition) is 7. The number of alkyl halides is 1. The number of carbonyl (C=O) groups is 1. The van der Waals surface area contributed by atoms with Crippen molar-refractivity contribution >= 4 is 28.4 Å². The molecule has 0 radical (unpaired) electrons. The quantitative estimate of drug-likeness (QED) is 0.342. The first kappa shape index (κ1) is 25.5. The van der Waals surface area contributed by atoms with Crippen molar-refractivity contribution in [1.82, 2.24) is 29.9 Å². The minimum absolute atomic E-state index is 0.186. The van der Waals surface area contributed by atoms with E-state index in [2.05, 4.69) is 30.7 Å². The molecule has 5 heterocycles. The first-order valence-electron chi connectivity index (χ1n) is 12.1. The Balaban J connectivity index is 0.000000207. The van der Waals surface area contributed by atoms with Crippen LogP contribution in [-0.4, -0.2) is 75.2 Å². The van der Waals surface area contributed by atoms with Crippen LogP contribution >= 0.6 is 0 Å². The van der Waals surface area contributed by atoms with Gasteiger partial charge in [-0.05, 0) is 44.2 Å². The van der Waals surface area contributed by atoms with E-state index >= 15 is 0 Å². The fourth-order valence-corrected chi connectivity index (χ4v) is 3.82. The summed E-state index contributed by atoms with van der Waals surface area (Å²) in [5.41, 5.74) is 3.36. The maximum atomic E-state index is 12.1. The zero-order valence-corrected chi connectivity index (χ0v) is 20.5.